The summed E-state index contributed by atoms with van der Waals surface area (Å²) in [5, 5.41) is 2.30. The van der Waals surface area contributed by atoms with E-state index in [2.05, 4.69) is 23.4 Å². The van der Waals surface area contributed by atoms with Crippen LogP contribution in [0.5, 0.6) is 0 Å². The highest BCUT2D eigenvalue weighted by molar-refractivity contribution is 7.17. The van der Waals surface area contributed by atoms with Gasteiger partial charge in [0.2, 0.25) is 0 Å². The summed E-state index contributed by atoms with van der Waals surface area (Å²) in [5.74, 6) is -0.463. The largest absolute Gasteiger partial charge is 0.346 e. The maximum Gasteiger partial charge on any atom is 0.263 e. The van der Waals surface area contributed by atoms with Gasteiger partial charge in [0.25, 0.3) is 5.56 Å². The van der Waals surface area contributed by atoms with Gasteiger partial charge in [-0.25, -0.2) is 9.37 Å². The third kappa shape index (κ3) is 3.39. The zero-order chi connectivity index (χ0) is 21.6. The first-order valence-corrected chi connectivity index (χ1v) is 10.6. The molecule has 154 valence electrons. The first-order chi connectivity index (χ1) is 14.3. The first kappa shape index (κ1) is 20.2. The van der Waals surface area contributed by atoms with Crippen LogP contribution in [0, 0.1) is 19.7 Å². The van der Waals surface area contributed by atoms with Gasteiger partial charge in [0.1, 0.15) is 10.6 Å². The Hall–Kier alpha value is -3.06. The molecular formula is C23H22FN3O2S. The van der Waals surface area contributed by atoms with Crippen LogP contribution < -0.4 is 5.56 Å². The lowest BCUT2D eigenvalue weighted by molar-refractivity contribution is 0.0970. The monoisotopic (exact) mass is 423 g/mol. The first-order valence-electron chi connectivity index (χ1n) is 9.72. The van der Waals surface area contributed by atoms with Crippen LogP contribution in [0.1, 0.15) is 41.6 Å². The van der Waals surface area contributed by atoms with Crippen molar-refractivity contribution in [3.63, 3.8) is 0 Å². The molecule has 0 atom stereocenters. The van der Waals surface area contributed by atoms with E-state index in [1.807, 2.05) is 25.3 Å². The van der Waals surface area contributed by atoms with E-state index in [1.165, 1.54) is 34.4 Å². The molecule has 0 fully saturated rings. The number of carbonyl (C=O) groups is 1. The summed E-state index contributed by atoms with van der Waals surface area (Å²) in [5.41, 5.74) is 3.71. The van der Waals surface area contributed by atoms with Gasteiger partial charge in [-0.05, 0) is 51.5 Å². The van der Waals surface area contributed by atoms with Crippen LogP contribution in [-0.2, 0) is 6.54 Å². The van der Waals surface area contributed by atoms with Gasteiger partial charge in [-0.15, -0.1) is 11.3 Å². The average Bonchev–Trinajstić information content (AvgIpc) is 3.26. The lowest BCUT2D eigenvalue weighted by Gasteiger charge is -2.13. The van der Waals surface area contributed by atoms with E-state index in [4.69, 9.17) is 0 Å². The molecule has 0 spiro atoms. The molecule has 30 heavy (non-hydrogen) atoms. The average molecular weight is 424 g/mol. The van der Waals surface area contributed by atoms with Crippen LogP contribution in [0.15, 0.2) is 46.8 Å². The maximum absolute atomic E-state index is 13.3. The van der Waals surface area contributed by atoms with Crippen molar-refractivity contribution < 1.29 is 9.18 Å². The number of aryl methyl sites for hydroxylation is 1. The minimum Gasteiger partial charge on any atom is -0.346 e. The summed E-state index contributed by atoms with van der Waals surface area (Å²) in [6, 6.07) is 8.13. The van der Waals surface area contributed by atoms with Gasteiger partial charge in [0.05, 0.1) is 18.3 Å². The topological polar surface area (TPSA) is 56.9 Å². The fourth-order valence-electron chi connectivity index (χ4n) is 4.02. The van der Waals surface area contributed by atoms with Crippen molar-refractivity contribution in [2.75, 3.05) is 0 Å². The summed E-state index contributed by atoms with van der Waals surface area (Å²) in [6.45, 7) is 7.97. The second kappa shape index (κ2) is 7.65. The Labute approximate surface area is 177 Å². The van der Waals surface area contributed by atoms with Crippen LogP contribution in [0.3, 0.4) is 0 Å². The van der Waals surface area contributed by atoms with Crippen LogP contribution in [-0.4, -0.2) is 19.9 Å². The predicted octanol–water partition coefficient (Wildman–Crippen LogP) is 5.15. The van der Waals surface area contributed by atoms with Crippen molar-refractivity contribution in [3.05, 3.63) is 75.2 Å². The number of hydrogen-bond donors (Lipinski definition) is 0. The molecular weight excluding hydrogens is 401 g/mol. The number of hydrogen-bond acceptors (Lipinski definition) is 4. The fourth-order valence-corrected chi connectivity index (χ4v) is 4.92. The molecule has 0 aliphatic rings. The molecule has 0 aliphatic carbocycles. The van der Waals surface area contributed by atoms with Crippen LogP contribution in [0.2, 0.25) is 0 Å². The van der Waals surface area contributed by atoms with Gasteiger partial charge in [0.15, 0.2) is 5.78 Å². The summed E-state index contributed by atoms with van der Waals surface area (Å²) in [6.07, 6.45) is 1.43. The van der Waals surface area contributed by atoms with Crippen molar-refractivity contribution in [1.82, 2.24) is 14.1 Å². The third-order valence-electron chi connectivity index (χ3n) is 5.33. The number of ketones is 1. The molecule has 0 N–H and O–H groups in total. The molecule has 0 saturated heterocycles. The van der Waals surface area contributed by atoms with Gasteiger partial charge < -0.3 is 4.57 Å². The molecule has 0 unspecified atom stereocenters. The Morgan fingerprint density at radius 3 is 2.53 bits per heavy atom. The highest BCUT2D eigenvalue weighted by Gasteiger charge is 2.19. The second-order valence-corrected chi connectivity index (χ2v) is 8.54. The molecule has 4 aromatic rings. The lowest BCUT2D eigenvalue weighted by Crippen LogP contribution is -2.24. The van der Waals surface area contributed by atoms with E-state index in [9.17, 15) is 14.0 Å². The van der Waals surface area contributed by atoms with E-state index < -0.39 is 0 Å². The Morgan fingerprint density at radius 1 is 1.20 bits per heavy atom. The summed E-state index contributed by atoms with van der Waals surface area (Å²) in [7, 11) is 0. The molecule has 0 bridgehead atoms. The fraction of sp³-hybridized carbons (Fsp3) is 0.261. The number of benzene rings is 1. The van der Waals surface area contributed by atoms with Gasteiger partial charge in [-0.3, -0.25) is 14.2 Å². The maximum atomic E-state index is 13.3. The lowest BCUT2D eigenvalue weighted by atomic mass is 10.1. The van der Waals surface area contributed by atoms with Crippen molar-refractivity contribution in [2.45, 2.75) is 40.3 Å². The van der Waals surface area contributed by atoms with Crippen LogP contribution in [0.4, 0.5) is 4.39 Å². The minimum atomic E-state index is -0.335. The predicted molar refractivity (Wildman–Crippen MR) is 118 cm³/mol. The van der Waals surface area contributed by atoms with Gasteiger partial charge in [-0.2, -0.15) is 0 Å². The summed E-state index contributed by atoms with van der Waals surface area (Å²) < 4.78 is 16.8. The van der Waals surface area contributed by atoms with E-state index in [0.717, 1.165) is 17.0 Å². The van der Waals surface area contributed by atoms with Gasteiger partial charge >= 0.3 is 0 Å². The molecule has 0 amide bonds. The van der Waals surface area contributed by atoms with E-state index in [1.54, 1.807) is 12.1 Å². The Kier molecular flexibility index (Phi) is 5.15. The molecule has 1 aromatic carbocycles. The number of rotatable bonds is 5. The van der Waals surface area contributed by atoms with Gasteiger partial charge in [-0.1, -0.05) is 12.1 Å². The van der Waals surface area contributed by atoms with Crippen molar-refractivity contribution in [2.24, 2.45) is 0 Å². The molecule has 4 rings (SSSR count). The van der Waals surface area contributed by atoms with E-state index >= 15 is 0 Å². The molecule has 0 aliphatic heterocycles. The van der Waals surface area contributed by atoms with E-state index in [0.29, 0.717) is 21.3 Å². The minimum absolute atomic E-state index is 0.0805. The molecule has 0 saturated carbocycles. The quantitative estimate of drug-likeness (QED) is 0.417. The molecule has 3 heterocycles. The number of carbonyl (C=O) groups excluding carboxylic acids is 1. The zero-order valence-corrected chi connectivity index (χ0v) is 18.1. The molecule has 5 nitrogen and oxygen atoms in total. The Bertz CT molecular complexity index is 1310. The highest BCUT2D eigenvalue weighted by atomic mass is 32.1. The highest BCUT2D eigenvalue weighted by Crippen LogP contribution is 2.30. The van der Waals surface area contributed by atoms with Crippen molar-refractivity contribution in [3.8, 4) is 11.1 Å². The van der Waals surface area contributed by atoms with Crippen LogP contribution >= 0.6 is 11.3 Å². The molecule has 3 aromatic heterocycles. The second-order valence-electron chi connectivity index (χ2n) is 7.69. The smallest absolute Gasteiger partial charge is 0.263 e. The standard InChI is InChI=1S/C23H22FN3O2S/c1-13(2)27-14(3)9-18(15(27)4)20(28)10-26-12-25-22-21(23(26)29)19(11-30-22)16-5-7-17(24)8-6-16/h5-9,11-13H,10H2,1-4H3. The third-order valence-corrected chi connectivity index (χ3v) is 6.22. The number of nitrogens with zero attached hydrogens (tertiary/aromatic N) is 3. The number of thiophene rings is 1. The SMILES string of the molecule is Cc1cc(C(=O)Cn2cnc3scc(-c4ccc(F)cc4)c3c2=O)c(C)n1C(C)C. The Balaban J connectivity index is 1.74. The Morgan fingerprint density at radius 2 is 1.90 bits per heavy atom. The van der Waals surface area contributed by atoms with Crippen molar-refractivity contribution >= 4 is 27.3 Å². The molecule has 0 radical (unpaired) electrons. The normalized spacial score (nSPS) is 11.5. The number of Topliss-reactive ketones (excluding diaryl/α,β-unsaturated/α-hetero) is 1. The number of halogens is 1. The van der Waals surface area contributed by atoms with Crippen molar-refractivity contribution in [1.29, 1.82) is 0 Å². The van der Waals surface area contributed by atoms with E-state index in [-0.39, 0.29) is 29.7 Å². The summed E-state index contributed by atoms with van der Waals surface area (Å²) >= 11 is 1.36. The summed E-state index contributed by atoms with van der Waals surface area (Å²) in [4.78, 5) is 31.2. The van der Waals surface area contributed by atoms with Gasteiger partial charge in [0, 0.05) is 33.9 Å². The number of fused-ring (bicyclic) bond motifs is 1. The zero-order valence-electron chi connectivity index (χ0n) is 17.3. The van der Waals surface area contributed by atoms with Crippen LogP contribution in [0.25, 0.3) is 21.3 Å². The number of aromatic nitrogens is 3. The molecule has 7 heteroatoms.